The number of esters is 1. The highest BCUT2D eigenvalue weighted by molar-refractivity contribution is 5.83. The van der Waals surface area contributed by atoms with E-state index in [4.69, 9.17) is 14.6 Å². The number of aliphatic carboxylic acids is 1. The van der Waals surface area contributed by atoms with E-state index in [2.05, 4.69) is 13.2 Å². The molecule has 5 nitrogen and oxygen atoms in total. The number of carbonyl (C=O) groups excluding carboxylic acids is 1. The maximum absolute atomic E-state index is 10.9. The molecule has 5 heteroatoms. The van der Waals surface area contributed by atoms with Gasteiger partial charge in [0.25, 0.3) is 0 Å². The fourth-order valence-electron chi connectivity index (χ4n) is 0.853. The molecule has 0 amide bonds. The molecule has 0 saturated heterocycles. The van der Waals surface area contributed by atoms with Crippen LogP contribution in [0.15, 0.2) is 49.6 Å². The number of hydrogen-bond donors (Lipinski definition) is 1. The Bertz CT molecular complexity index is 437. The first-order chi connectivity index (χ1) is 8.54. The van der Waals surface area contributed by atoms with Crippen LogP contribution in [-0.4, -0.2) is 24.2 Å². The summed E-state index contributed by atoms with van der Waals surface area (Å²) in [6, 6.07) is 6.92. The average molecular weight is 250 g/mol. The van der Waals surface area contributed by atoms with Crippen molar-refractivity contribution in [3.63, 3.8) is 0 Å². The second kappa shape index (κ2) is 8.58. The number of carbonyl (C=O) groups is 2. The summed E-state index contributed by atoms with van der Waals surface area (Å²) in [6.07, 6.45) is 1.94. The van der Waals surface area contributed by atoms with E-state index in [1.54, 1.807) is 24.3 Å². The van der Waals surface area contributed by atoms with Crippen molar-refractivity contribution in [3.05, 3.63) is 49.6 Å². The van der Waals surface area contributed by atoms with Gasteiger partial charge in [0, 0.05) is 12.2 Å². The summed E-state index contributed by atoms with van der Waals surface area (Å²) >= 11 is 0. The van der Waals surface area contributed by atoms with Gasteiger partial charge < -0.3 is 14.6 Å². The van der Waals surface area contributed by atoms with Crippen LogP contribution in [-0.2, 0) is 9.59 Å². The van der Waals surface area contributed by atoms with Gasteiger partial charge in [-0.3, -0.25) is 0 Å². The standard InChI is InChI=1S/C10H10O3.C3H4O2/c1-3-10(11)13-9-7-5-4-6-8(9)12-2;1-2-3(4)5/h3-7H,1H2,2H3;2H,1H2,(H,4,5). The zero-order valence-electron chi connectivity index (χ0n) is 9.96. The normalized spacial score (nSPS) is 8.28. The van der Waals surface area contributed by atoms with Crippen LogP contribution >= 0.6 is 0 Å². The summed E-state index contributed by atoms with van der Waals surface area (Å²) in [4.78, 5) is 20.1. The number of hydrogen-bond acceptors (Lipinski definition) is 4. The van der Waals surface area contributed by atoms with Crippen molar-refractivity contribution in [2.45, 2.75) is 0 Å². The summed E-state index contributed by atoms with van der Waals surface area (Å²) < 4.78 is 9.88. The number of para-hydroxylation sites is 2. The van der Waals surface area contributed by atoms with Crippen molar-refractivity contribution in [3.8, 4) is 11.5 Å². The van der Waals surface area contributed by atoms with Gasteiger partial charge in [-0.1, -0.05) is 25.3 Å². The Morgan fingerprint density at radius 3 is 2.06 bits per heavy atom. The van der Waals surface area contributed by atoms with Gasteiger partial charge in [0.1, 0.15) is 0 Å². The second-order valence-electron chi connectivity index (χ2n) is 2.82. The number of benzene rings is 1. The van der Waals surface area contributed by atoms with Crippen LogP contribution in [0.25, 0.3) is 0 Å². The SMILES string of the molecule is C=CC(=O)O.C=CC(=O)Oc1ccccc1OC. The van der Waals surface area contributed by atoms with Crippen LogP contribution in [0.5, 0.6) is 11.5 Å². The molecule has 0 atom stereocenters. The van der Waals surface area contributed by atoms with E-state index >= 15 is 0 Å². The van der Waals surface area contributed by atoms with E-state index in [-0.39, 0.29) is 0 Å². The maximum atomic E-state index is 10.9. The molecule has 0 unspecified atom stereocenters. The molecule has 0 spiro atoms. The van der Waals surface area contributed by atoms with Crippen LogP contribution in [0.3, 0.4) is 0 Å². The van der Waals surface area contributed by atoms with E-state index in [1.807, 2.05) is 0 Å². The number of rotatable bonds is 4. The Balaban J connectivity index is 0.000000494. The van der Waals surface area contributed by atoms with Crippen LogP contribution in [0.2, 0.25) is 0 Å². The molecular formula is C13H14O5. The zero-order valence-corrected chi connectivity index (χ0v) is 9.96. The van der Waals surface area contributed by atoms with Gasteiger partial charge in [-0.15, -0.1) is 0 Å². The van der Waals surface area contributed by atoms with Crippen molar-refractivity contribution in [2.24, 2.45) is 0 Å². The highest BCUT2D eigenvalue weighted by Crippen LogP contribution is 2.25. The minimum absolute atomic E-state index is 0.398. The first-order valence-corrected chi connectivity index (χ1v) is 4.87. The topological polar surface area (TPSA) is 72.8 Å². The molecule has 0 aliphatic heterocycles. The van der Waals surface area contributed by atoms with Crippen molar-refractivity contribution in [2.75, 3.05) is 7.11 Å². The van der Waals surface area contributed by atoms with Crippen LogP contribution < -0.4 is 9.47 Å². The molecule has 0 aromatic heterocycles. The first-order valence-electron chi connectivity index (χ1n) is 4.87. The lowest BCUT2D eigenvalue weighted by Gasteiger charge is -2.06. The second-order valence-corrected chi connectivity index (χ2v) is 2.82. The van der Waals surface area contributed by atoms with E-state index in [9.17, 15) is 9.59 Å². The molecule has 96 valence electrons. The van der Waals surface area contributed by atoms with Gasteiger partial charge in [-0.05, 0) is 12.1 Å². The fraction of sp³-hybridized carbons (Fsp3) is 0.0769. The lowest BCUT2D eigenvalue weighted by atomic mass is 10.3. The molecule has 1 rings (SSSR count). The molecular weight excluding hydrogens is 236 g/mol. The number of methoxy groups -OCH3 is 1. The lowest BCUT2D eigenvalue weighted by molar-refractivity contribution is -0.131. The monoisotopic (exact) mass is 250 g/mol. The molecule has 0 radical (unpaired) electrons. The van der Waals surface area contributed by atoms with E-state index in [0.29, 0.717) is 11.5 Å². The van der Waals surface area contributed by atoms with Crippen LogP contribution in [0, 0.1) is 0 Å². The Morgan fingerprint density at radius 1 is 1.17 bits per heavy atom. The third-order valence-electron chi connectivity index (χ3n) is 1.62. The highest BCUT2D eigenvalue weighted by Gasteiger charge is 2.05. The van der Waals surface area contributed by atoms with Crippen LogP contribution in [0.4, 0.5) is 0 Å². The Morgan fingerprint density at radius 2 is 1.67 bits per heavy atom. The minimum atomic E-state index is -0.981. The van der Waals surface area contributed by atoms with Crippen molar-refractivity contribution in [1.82, 2.24) is 0 Å². The summed E-state index contributed by atoms with van der Waals surface area (Å²) in [6.45, 7) is 6.26. The molecule has 0 aliphatic carbocycles. The van der Waals surface area contributed by atoms with Gasteiger partial charge in [-0.2, -0.15) is 0 Å². The van der Waals surface area contributed by atoms with Crippen molar-refractivity contribution < 1.29 is 24.2 Å². The number of carboxylic acids is 1. The zero-order chi connectivity index (χ0) is 14.0. The summed E-state index contributed by atoms with van der Waals surface area (Å²) in [7, 11) is 1.51. The molecule has 0 bridgehead atoms. The molecule has 1 aromatic rings. The molecule has 18 heavy (non-hydrogen) atoms. The van der Waals surface area contributed by atoms with Crippen LogP contribution in [0.1, 0.15) is 0 Å². The quantitative estimate of drug-likeness (QED) is 0.503. The van der Waals surface area contributed by atoms with E-state index < -0.39 is 11.9 Å². The molecule has 1 aromatic carbocycles. The molecule has 0 heterocycles. The highest BCUT2D eigenvalue weighted by atomic mass is 16.6. The molecule has 0 aliphatic rings. The average Bonchev–Trinajstić information content (AvgIpc) is 2.39. The summed E-state index contributed by atoms with van der Waals surface area (Å²) in [5.41, 5.74) is 0. The van der Waals surface area contributed by atoms with Crippen molar-refractivity contribution >= 4 is 11.9 Å². The summed E-state index contributed by atoms with van der Waals surface area (Å²) in [5.74, 6) is -0.554. The van der Waals surface area contributed by atoms with Gasteiger partial charge in [0.05, 0.1) is 7.11 Å². The van der Waals surface area contributed by atoms with Gasteiger partial charge in [0.2, 0.25) is 0 Å². The Hall–Kier alpha value is -2.56. The largest absolute Gasteiger partial charge is 0.493 e. The van der Waals surface area contributed by atoms with Gasteiger partial charge in [-0.25, -0.2) is 9.59 Å². The third kappa shape index (κ3) is 6.12. The van der Waals surface area contributed by atoms with E-state index in [1.165, 1.54) is 7.11 Å². The number of carboxylic acid groups (broad SMARTS) is 1. The summed E-state index contributed by atoms with van der Waals surface area (Å²) in [5, 5.41) is 7.60. The predicted octanol–water partition coefficient (Wildman–Crippen LogP) is 2.04. The lowest BCUT2D eigenvalue weighted by Crippen LogP contribution is -2.04. The first kappa shape index (κ1) is 15.4. The minimum Gasteiger partial charge on any atom is -0.493 e. The predicted molar refractivity (Wildman–Crippen MR) is 66.7 cm³/mol. The fourth-order valence-corrected chi connectivity index (χ4v) is 0.853. The van der Waals surface area contributed by atoms with Gasteiger partial charge >= 0.3 is 11.9 Å². The van der Waals surface area contributed by atoms with Crippen molar-refractivity contribution in [1.29, 1.82) is 0 Å². The third-order valence-corrected chi connectivity index (χ3v) is 1.62. The molecule has 0 fully saturated rings. The Kier molecular flexibility index (Phi) is 7.36. The number of ether oxygens (including phenoxy) is 2. The van der Waals surface area contributed by atoms with E-state index in [0.717, 1.165) is 12.2 Å². The maximum Gasteiger partial charge on any atom is 0.335 e. The Labute approximate surface area is 105 Å². The smallest absolute Gasteiger partial charge is 0.335 e. The van der Waals surface area contributed by atoms with Gasteiger partial charge in [0.15, 0.2) is 11.5 Å². The molecule has 1 N–H and O–H groups in total. The molecule has 0 saturated carbocycles.